The molecule has 14 nitrogen and oxygen atoms in total. The third-order valence-corrected chi connectivity index (χ3v) is 12.9. The Hall–Kier alpha value is -5.52. The number of rotatable bonds is 9. The first kappa shape index (κ1) is 47.4. The van der Waals surface area contributed by atoms with Crippen molar-refractivity contribution < 1.29 is 46.9 Å². The normalized spacial score (nSPS) is 22.1. The molecule has 7 rings (SSSR count). The Balaban J connectivity index is 1.32. The smallest absolute Gasteiger partial charge is 0.393 e. The van der Waals surface area contributed by atoms with Crippen LogP contribution in [0.5, 0.6) is 5.75 Å². The van der Waals surface area contributed by atoms with Crippen LogP contribution in [0.2, 0.25) is 0 Å². The number of nitrogens with zero attached hydrogens (tertiary/aromatic N) is 4. The first-order valence-electron chi connectivity index (χ1n) is 22.3. The number of aromatic hydroxyl groups is 1. The van der Waals surface area contributed by atoms with Crippen molar-refractivity contribution in [3.63, 3.8) is 0 Å². The molecular weight excluding hydrogens is 844 g/mol. The zero-order chi connectivity index (χ0) is 47.0. The van der Waals surface area contributed by atoms with Gasteiger partial charge < -0.3 is 34.7 Å². The van der Waals surface area contributed by atoms with Gasteiger partial charge in [-0.25, -0.2) is 5.43 Å². The number of hydrazine groups is 1. The first-order valence-corrected chi connectivity index (χ1v) is 22.3. The van der Waals surface area contributed by atoms with Crippen LogP contribution < -0.4 is 16.1 Å². The number of aromatic nitrogens is 2. The predicted octanol–water partition coefficient (Wildman–Crippen LogP) is 5.77. The molecule has 2 aromatic heterocycles. The highest BCUT2D eigenvalue weighted by Crippen LogP contribution is 2.42. The van der Waals surface area contributed by atoms with Gasteiger partial charge in [0.15, 0.2) is 0 Å². The number of benzene rings is 2. The number of likely N-dealkylation sites (N-methyl/N-ethyl adjacent to an activating group) is 1. The average Bonchev–Trinajstić information content (AvgIpc) is 3.88. The predicted molar refractivity (Wildman–Crippen MR) is 238 cm³/mol. The number of hydrogen-bond donors (Lipinski definition) is 4. The maximum absolute atomic E-state index is 14.6. The molecule has 4 aromatic rings. The van der Waals surface area contributed by atoms with Crippen LogP contribution in [0.15, 0.2) is 54.9 Å². The summed E-state index contributed by atoms with van der Waals surface area (Å²) in [6, 6.07) is 9.60. The molecular formula is C48H60F3N7O7. The molecule has 5 heterocycles. The second-order valence-electron chi connectivity index (χ2n) is 18.7. The van der Waals surface area contributed by atoms with Gasteiger partial charge in [0.05, 0.1) is 30.7 Å². The largest absolute Gasteiger partial charge is 0.508 e. The highest BCUT2D eigenvalue weighted by atomic mass is 19.4. The number of nitrogens with one attached hydrogen (secondary N) is 3. The zero-order valence-corrected chi connectivity index (χ0v) is 38.1. The van der Waals surface area contributed by atoms with E-state index in [0.29, 0.717) is 43.5 Å². The van der Waals surface area contributed by atoms with E-state index in [2.05, 4.69) is 38.6 Å². The number of cyclic esters (lactones) is 1. The summed E-state index contributed by atoms with van der Waals surface area (Å²) in [6.07, 6.45) is 0.178. The summed E-state index contributed by atoms with van der Waals surface area (Å²) in [7, 11) is 2.96. The topological polar surface area (TPSA) is 167 Å². The van der Waals surface area contributed by atoms with Crippen molar-refractivity contribution in [1.29, 1.82) is 0 Å². The Morgan fingerprint density at radius 3 is 2.58 bits per heavy atom. The Morgan fingerprint density at radius 2 is 1.88 bits per heavy atom. The van der Waals surface area contributed by atoms with Gasteiger partial charge in [-0.3, -0.25) is 29.2 Å². The molecule has 3 aliphatic rings. The number of pyridine rings is 1. The van der Waals surface area contributed by atoms with Gasteiger partial charge >= 0.3 is 12.1 Å². The third-order valence-electron chi connectivity index (χ3n) is 12.9. The second kappa shape index (κ2) is 19.1. The zero-order valence-electron chi connectivity index (χ0n) is 38.1. The van der Waals surface area contributed by atoms with Crippen LogP contribution in [0.4, 0.5) is 13.2 Å². The number of carbonyl (C=O) groups is 4. The van der Waals surface area contributed by atoms with E-state index < -0.39 is 77.7 Å². The maximum Gasteiger partial charge on any atom is 0.393 e. The fourth-order valence-electron chi connectivity index (χ4n) is 9.79. The fourth-order valence-corrected chi connectivity index (χ4v) is 9.79. The molecule has 2 fully saturated rings. The van der Waals surface area contributed by atoms with Crippen molar-refractivity contribution >= 4 is 34.6 Å². The molecule has 0 radical (unpaired) electrons. The highest BCUT2D eigenvalue weighted by Gasteiger charge is 2.51. The van der Waals surface area contributed by atoms with E-state index in [1.807, 2.05) is 44.3 Å². The van der Waals surface area contributed by atoms with Crippen LogP contribution in [0.3, 0.4) is 0 Å². The second-order valence-corrected chi connectivity index (χ2v) is 18.7. The highest BCUT2D eigenvalue weighted by molar-refractivity contribution is 5.96. The van der Waals surface area contributed by atoms with Crippen molar-refractivity contribution in [3.05, 3.63) is 71.5 Å². The minimum atomic E-state index is -4.62. The van der Waals surface area contributed by atoms with Crippen molar-refractivity contribution in [2.24, 2.45) is 23.2 Å². The van der Waals surface area contributed by atoms with Gasteiger partial charge in [0.2, 0.25) is 11.8 Å². The molecule has 2 saturated heterocycles. The SMILES string of the molecule is CCn1c(-c2cnccc2COC)c2c3cc(ccc31)-c1cc(O)cc(c1)C[C@H](NC(=O)C(C(C)C)N(C)C(=O)[C@@H]1CNCC1C(F)(F)F)C(=O)N1CCC[C@H](N1)C(=O)OCC(C)(C)C2. The summed E-state index contributed by atoms with van der Waals surface area (Å²) < 4.78 is 55.7. The van der Waals surface area contributed by atoms with Gasteiger partial charge in [0.25, 0.3) is 5.91 Å². The standard InChI is InChI=1S/C48H60F3N7O7/c1-8-57-40-12-11-29-20-33(40)34(42(57)35-22-52-14-13-30(35)25-64-7)21-47(4,5)26-65-46(63)38-10-9-15-58(55-38)45(62)39(18-28-16-31(29)19-32(59)17-28)54-43(60)41(27(2)3)56(6)44(61)36-23-53-24-37(36)48(49,50)51/h11-14,16-17,19-20,22,27,36-39,41,53,55,59H,8-10,15,18,21,23-26H2,1-7H3,(H,54,60)/t36-,37?,38+,39+,41?/m1/s1. The summed E-state index contributed by atoms with van der Waals surface area (Å²) in [4.78, 5) is 62.1. The van der Waals surface area contributed by atoms with Crippen molar-refractivity contribution in [2.75, 3.05) is 40.4 Å². The molecule has 3 amide bonds. The number of ether oxygens (including phenoxy) is 2. The van der Waals surface area contributed by atoms with Crippen LogP contribution in [-0.2, 0) is 54.6 Å². The summed E-state index contributed by atoms with van der Waals surface area (Å²) in [5, 5.41) is 19.0. The number of carbonyl (C=O) groups excluding carboxylic acids is 4. The monoisotopic (exact) mass is 903 g/mol. The van der Waals surface area contributed by atoms with Crippen LogP contribution in [0.1, 0.15) is 64.2 Å². The third kappa shape index (κ3) is 10.0. The number of hydrogen-bond acceptors (Lipinski definition) is 10. The van der Waals surface area contributed by atoms with Crippen molar-refractivity contribution in [2.45, 2.75) is 97.8 Å². The lowest BCUT2D eigenvalue weighted by molar-refractivity contribution is -0.185. The van der Waals surface area contributed by atoms with Crippen LogP contribution >= 0.6 is 0 Å². The Labute approximate surface area is 377 Å². The van der Waals surface area contributed by atoms with Gasteiger partial charge in [0, 0.05) is 81.0 Å². The molecule has 2 aromatic carbocycles. The summed E-state index contributed by atoms with van der Waals surface area (Å²) in [5.74, 6) is -6.68. The Bertz CT molecular complexity index is 2440. The Morgan fingerprint density at radius 1 is 1.11 bits per heavy atom. The van der Waals surface area contributed by atoms with E-state index in [9.17, 15) is 37.5 Å². The molecule has 5 atom stereocenters. The molecule has 350 valence electrons. The molecule has 6 bridgehead atoms. The Kier molecular flexibility index (Phi) is 14.0. The lowest BCUT2D eigenvalue weighted by atomic mass is 9.84. The number of phenols is 1. The number of phenolic OH excluding ortho intramolecular Hbond substituents is 1. The number of fused-ring (bicyclic) bond motifs is 6. The van der Waals surface area contributed by atoms with Crippen molar-refractivity contribution in [1.82, 2.24) is 35.5 Å². The maximum atomic E-state index is 14.6. The van der Waals surface area contributed by atoms with E-state index in [1.54, 1.807) is 33.2 Å². The minimum absolute atomic E-state index is 0.0614. The van der Waals surface area contributed by atoms with E-state index in [4.69, 9.17) is 9.47 Å². The first-order chi connectivity index (χ1) is 30.8. The molecule has 17 heteroatoms. The number of aryl methyl sites for hydroxylation is 1. The van der Waals surface area contributed by atoms with Gasteiger partial charge in [-0.2, -0.15) is 13.2 Å². The van der Waals surface area contributed by atoms with E-state index in [1.165, 1.54) is 18.1 Å². The lowest BCUT2D eigenvalue weighted by Gasteiger charge is -2.37. The van der Waals surface area contributed by atoms with Gasteiger partial charge in [0.1, 0.15) is 23.9 Å². The summed E-state index contributed by atoms with van der Waals surface area (Å²) >= 11 is 0. The van der Waals surface area contributed by atoms with Crippen LogP contribution in [-0.4, -0.2) is 113 Å². The van der Waals surface area contributed by atoms with Gasteiger partial charge in [-0.1, -0.05) is 39.8 Å². The van der Waals surface area contributed by atoms with Crippen LogP contribution in [0.25, 0.3) is 33.3 Å². The average molecular weight is 904 g/mol. The fraction of sp³-hybridized carbons (Fsp3) is 0.521. The number of amides is 3. The van der Waals surface area contributed by atoms with E-state index in [-0.39, 0.29) is 31.9 Å². The van der Waals surface area contributed by atoms with Gasteiger partial charge in [-0.15, -0.1) is 0 Å². The quantitative estimate of drug-likeness (QED) is 0.152. The van der Waals surface area contributed by atoms with E-state index >= 15 is 0 Å². The number of alkyl halides is 3. The molecule has 3 aliphatic heterocycles. The van der Waals surface area contributed by atoms with Crippen molar-refractivity contribution in [3.8, 4) is 28.1 Å². The summed E-state index contributed by atoms with van der Waals surface area (Å²) in [6.45, 7) is 10.2. The number of esters is 1. The lowest BCUT2D eigenvalue weighted by Crippen LogP contribution is -2.62. The molecule has 4 N–H and O–H groups in total. The van der Waals surface area contributed by atoms with E-state index in [0.717, 1.165) is 43.8 Å². The molecule has 0 saturated carbocycles. The van der Waals surface area contributed by atoms with Gasteiger partial charge in [-0.05, 0) is 90.3 Å². The minimum Gasteiger partial charge on any atom is -0.508 e. The van der Waals surface area contributed by atoms with Crippen LogP contribution in [0, 0.1) is 23.2 Å². The number of methoxy groups -OCH3 is 1. The summed E-state index contributed by atoms with van der Waals surface area (Å²) in [5.41, 5.74) is 9.22. The molecule has 0 spiro atoms. The number of halogens is 3. The molecule has 0 aliphatic carbocycles. The molecule has 2 unspecified atom stereocenters. The molecule has 65 heavy (non-hydrogen) atoms.